The molecule has 0 N–H and O–H groups in total. The summed E-state index contributed by atoms with van der Waals surface area (Å²) in [6.45, 7) is 3.15. The molecule has 94 valence electrons. The molecule has 0 aliphatic rings. The lowest BCUT2D eigenvalue weighted by Crippen LogP contribution is -2.05. The molecule has 0 unspecified atom stereocenters. The fourth-order valence-corrected chi connectivity index (χ4v) is 1.82. The number of aliphatic imine (C=N–C) groups is 1. The van der Waals surface area contributed by atoms with Crippen LogP contribution in [0.2, 0.25) is 5.02 Å². The van der Waals surface area contributed by atoms with Crippen LogP contribution in [0, 0.1) is 0 Å². The van der Waals surface area contributed by atoms with Gasteiger partial charge in [0.25, 0.3) is 5.91 Å². The quantitative estimate of drug-likeness (QED) is 0.638. The van der Waals surface area contributed by atoms with E-state index in [2.05, 4.69) is 16.7 Å². The average molecular weight is 273 g/mol. The third-order valence-corrected chi connectivity index (χ3v) is 2.82. The number of amides is 1. The van der Waals surface area contributed by atoms with E-state index in [-0.39, 0.29) is 16.4 Å². The predicted octanol–water partition coefficient (Wildman–Crippen LogP) is 2.81. The molecule has 19 heavy (non-hydrogen) atoms. The fraction of sp³-hybridized carbons (Fsp3) is 0. The number of rotatable bonds is 3. The molecule has 0 aliphatic carbocycles. The van der Waals surface area contributed by atoms with E-state index in [1.54, 1.807) is 18.2 Å². The van der Waals surface area contributed by atoms with Crippen LogP contribution < -0.4 is 0 Å². The Labute approximate surface area is 114 Å². The second-order valence-corrected chi connectivity index (χ2v) is 4.11. The van der Waals surface area contributed by atoms with Gasteiger partial charge in [-0.3, -0.25) is 14.6 Å². The SMILES string of the molecule is C=NC(=O)c1ccc(C(=O)c2ccccn2)cc1Cl. The van der Waals surface area contributed by atoms with Crippen LogP contribution in [0.15, 0.2) is 47.6 Å². The molecule has 0 saturated carbocycles. The van der Waals surface area contributed by atoms with E-state index in [0.717, 1.165) is 0 Å². The lowest BCUT2D eigenvalue weighted by atomic mass is 10.1. The summed E-state index contributed by atoms with van der Waals surface area (Å²) in [4.78, 5) is 30.7. The first-order chi connectivity index (χ1) is 9.13. The van der Waals surface area contributed by atoms with Crippen molar-refractivity contribution in [3.05, 3.63) is 64.4 Å². The van der Waals surface area contributed by atoms with Crippen molar-refractivity contribution in [2.75, 3.05) is 0 Å². The maximum Gasteiger partial charge on any atom is 0.277 e. The van der Waals surface area contributed by atoms with Crippen molar-refractivity contribution >= 4 is 30.0 Å². The summed E-state index contributed by atoms with van der Waals surface area (Å²) >= 11 is 5.95. The molecule has 0 spiro atoms. The first-order valence-electron chi connectivity index (χ1n) is 5.40. The Hall–Kier alpha value is -2.33. The fourth-order valence-electron chi connectivity index (χ4n) is 1.56. The van der Waals surface area contributed by atoms with Crippen LogP contribution in [0.5, 0.6) is 0 Å². The number of halogens is 1. The normalized spacial score (nSPS) is 9.95. The van der Waals surface area contributed by atoms with Gasteiger partial charge in [0.1, 0.15) is 5.69 Å². The van der Waals surface area contributed by atoms with Crippen molar-refractivity contribution in [1.82, 2.24) is 4.98 Å². The molecule has 2 rings (SSSR count). The third kappa shape index (κ3) is 2.74. The maximum absolute atomic E-state index is 12.1. The highest BCUT2D eigenvalue weighted by molar-refractivity contribution is 6.34. The van der Waals surface area contributed by atoms with Crippen molar-refractivity contribution in [3.63, 3.8) is 0 Å². The van der Waals surface area contributed by atoms with E-state index in [1.165, 1.54) is 24.4 Å². The molecule has 0 radical (unpaired) electrons. The molecule has 1 heterocycles. The molecule has 1 amide bonds. The van der Waals surface area contributed by atoms with Crippen molar-refractivity contribution in [3.8, 4) is 0 Å². The van der Waals surface area contributed by atoms with Crippen LogP contribution in [0.3, 0.4) is 0 Å². The van der Waals surface area contributed by atoms with Crippen LogP contribution >= 0.6 is 11.6 Å². The van der Waals surface area contributed by atoms with E-state index >= 15 is 0 Å². The summed E-state index contributed by atoms with van der Waals surface area (Å²) in [5, 5.41) is 0.166. The third-order valence-electron chi connectivity index (χ3n) is 2.50. The van der Waals surface area contributed by atoms with Crippen molar-refractivity contribution in [2.24, 2.45) is 4.99 Å². The highest BCUT2D eigenvalue weighted by atomic mass is 35.5. The Morgan fingerprint density at radius 1 is 1.21 bits per heavy atom. The number of carbonyl (C=O) groups is 2. The lowest BCUT2D eigenvalue weighted by Gasteiger charge is -2.03. The summed E-state index contributed by atoms with van der Waals surface area (Å²) in [7, 11) is 0. The zero-order chi connectivity index (χ0) is 13.8. The number of pyridine rings is 1. The number of ketones is 1. The van der Waals surface area contributed by atoms with E-state index < -0.39 is 5.91 Å². The molecule has 5 heteroatoms. The molecular weight excluding hydrogens is 264 g/mol. The Bertz CT molecular complexity index is 654. The number of aromatic nitrogens is 1. The Morgan fingerprint density at radius 2 is 2.00 bits per heavy atom. The van der Waals surface area contributed by atoms with Crippen LogP contribution in [-0.4, -0.2) is 23.4 Å². The molecule has 0 bridgehead atoms. The van der Waals surface area contributed by atoms with Crippen LogP contribution in [-0.2, 0) is 0 Å². The molecule has 0 aliphatic heterocycles. The second kappa shape index (κ2) is 5.54. The van der Waals surface area contributed by atoms with Gasteiger partial charge in [-0.15, -0.1) is 0 Å². The van der Waals surface area contributed by atoms with E-state index in [9.17, 15) is 9.59 Å². The van der Waals surface area contributed by atoms with Crippen LogP contribution in [0.4, 0.5) is 0 Å². The van der Waals surface area contributed by atoms with Gasteiger partial charge in [0, 0.05) is 11.8 Å². The molecule has 0 fully saturated rings. The van der Waals surface area contributed by atoms with Gasteiger partial charge >= 0.3 is 0 Å². The topological polar surface area (TPSA) is 59.4 Å². The van der Waals surface area contributed by atoms with Gasteiger partial charge in [0.15, 0.2) is 0 Å². The summed E-state index contributed by atoms with van der Waals surface area (Å²) in [6.07, 6.45) is 1.54. The Morgan fingerprint density at radius 3 is 2.58 bits per heavy atom. The summed E-state index contributed by atoms with van der Waals surface area (Å²) in [5.41, 5.74) is 0.901. The van der Waals surface area contributed by atoms with Gasteiger partial charge in [0.05, 0.1) is 10.6 Å². The van der Waals surface area contributed by atoms with Crippen LogP contribution in [0.1, 0.15) is 26.4 Å². The highest BCUT2D eigenvalue weighted by Crippen LogP contribution is 2.20. The minimum Gasteiger partial charge on any atom is -0.287 e. The number of nitrogens with zero attached hydrogens (tertiary/aromatic N) is 2. The van der Waals surface area contributed by atoms with Gasteiger partial charge in [-0.2, -0.15) is 0 Å². The molecule has 1 aromatic carbocycles. The van der Waals surface area contributed by atoms with Gasteiger partial charge in [-0.25, -0.2) is 4.99 Å². The van der Waals surface area contributed by atoms with Crippen molar-refractivity contribution in [1.29, 1.82) is 0 Å². The van der Waals surface area contributed by atoms with Crippen molar-refractivity contribution in [2.45, 2.75) is 0 Å². The number of carbonyl (C=O) groups excluding carboxylic acids is 2. The van der Waals surface area contributed by atoms with Gasteiger partial charge in [-0.1, -0.05) is 23.7 Å². The van der Waals surface area contributed by atoms with Crippen LogP contribution in [0.25, 0.3) is 0 Å². The molecule has 0 saturated heterocycles. The predicted molar refractivity (Wildman–Crippen MR) is 73.0 cm³/mol. The molecular formula is C14H9ClN2O2. The molecule has 2 aromatic rings. The maximum atomic E-state index is 12.1. The minimum absolute atomic E-state index is 0.166. The van der Waals surface area contributed by atoms with E-state index in [0.29, 0.717) is 11.3 Å². The van der Waals surface area contributed by atoms with E-state index in [1.807, 2.05) is 0 Å². The van der Waals surface area contributed by atoms with Gasteiger partial charge in [0.2, 0.25) is 5.78 Å². The minimum atomic E-state index is -0.526. The van der Waals surface area contributed by atoms with Gasteiger partial charge in [-0.05, 0) is 31.0 Å². The summed E-state index contributed by atoms with van der Waals surface area (Å²) < 4.78 is 0. The van der Waals surface area contributed by atoms with Gasteiger partial charge < -0.3 is 0 Å². The largest absolute Gasteiger partial charge is 0.287 e. The molecule has 1 aromatic heterocycles. The first-order valence-corrected chi connectivity index (χ1v) is 5.77. The second-order valence-electron chi connectivity index (χ2n) is 3.70. The van der Waals surface area contributed by atoms with E-state index in [4.69, 9.17) is 11.6 Å². The number of benzene rings is 1. The Balaban J connectivity index is 2.38. The average Bonchev–Trinajstić information content (AvgIpc) is 2.46. The lowest BCUT2D eigenvalue weighted by molar-refractivity contribution is 0.0999. The summed E-state index contributed by atoms with van der Waals surface area (Å²) in [5.74, 6) is -0.783. The zero-order valence-corrected chi connectivity index (χ0v) is 10.6. The smallest absolute Gasteiger partial charge is 0.277 e. The molecule has 0 atom stereocenters. The first kappa shape index (κ1) is 13.1. The Kier molecular flexibility index (Phi) is 3.82. The number of hydrogen-bond acceptors (Lipinski definition) is 3. The monoisotopic (exact) mass is 272 g/mol. The highest BCUT2D eigenvalue weighted by Gasteiger charge is 2.14. The molecule has 4 nitrogen and oxygen atoms in total. The van der Waals surface area contributed by atoms with Crippen molar-refractivity contribution < 1.29 is 9.59 Å². The number of hydrogen-bond donors (Lipinski definition) is 0. The summed E-state index contributed by atoms with van der Waals surface area (Å²) in [6, 6.07) is 9.46. The zero-order valence-electron chi connectivity index (χ0n) is 9.84. The standard InChI is InChI=1S/C14H9ClN2O2/c1-16-14(19)10-6-5-9(8-11(10)15)13(18)12-4-2-3-7-17-12/h2-8H,1H2.